The second kappa shape index (κ2) is 9.57. The van der Waals surface area contributed by atoms with Crippen LogP contribution in [0.15, 0.2) is 83.8 Å². The molecule has 0 radical (unpaired) electrons. The van der Waals surface area contributed by atoms with Crippen LogP contribution in [0, 0.1) is 0 Å². The van der Waals surface area contributed by atoms with Gasteiger partial charge in [0.1, 0.15) is 0 Å². The molecule has 0 aliphatic carbocycles. The molecule has 4 rings (SSSR count). The molecule has 0 aromatic heterocycles. The molecule has 0 unspecified atom stereocenters. The molecule has 1 aliphatic heterocycles. The molecule has 3 aromatic carbocycles. The van der Waals surface area contributed by atoms with Crippen LogP contribution in [-0.4, -0.2) is 20.9 Å². The highest BCUT2D eigenvalue weighted by atomic mass is 32.2. The molecule has 0 spiro atoms. The summed E-state index contributed by atoms with van der Waals surface area (Å²) in [6, 6.07) is 24.4. The summed E-state index contributed by atoms with van der Waals surface area (Å²) in [6.45, 7) is 2.45. The Labute approximate surface area is 190 Å². The first-order chi connectivity index (χ1) is 15.4. The van der Waals surface area contributed by atoms with Crippen molar-refractivity contribution in [2.75, 3.05) is 10.8 Å². The third kappa shape index (κ3) is 4.86. The molecule has 0 saturated heterocycles. The van der Waals surface area contributed by atoms with Crippen molar-refractivity contribution in [3.8, 4) is 0 Å². The predicted octanol–water partition coefficient (Wildman–Crippen LogP) is 4.64. The van der Waals surface area contributed by atoms with Gasteiger partial charge in [-0.15, -0.1) is 0 Å². The highest BCUT2D eigenvalue weighted by Crippen LogP contribution is 2.31. The normalized spacial score (nSPS) is 14.5. The van der Waals surface area contributed by atoms with Crippen molar-refractivity contribution in [2.24, 2.45) is 0 Å². The number of hydrogen-bond donors (Lipinski definition) is 1. The Morgan fingerprint density at radius 2 is 1.66 bits per heavy atom. The van der Waals surface area contributed by atoms with Crippen LogP contribution in [0.4, 0.5) is 5.69 Å². The number of fused-ring (bicyclic) bond motifs is 1. The molecule has 1 heterocycles. The monoisotopic (exact) mass is 448 g/mol. The molecule has 1 N–H and O–H groups in total. The van der Waals surface area contributed by atoms with Crippen LogP contribution in [0.5, 0.6) is 0 Å². The third-order valence-corrected chi connectivity index (χ3v) is 7.72. The number of carbonyl (C=O) groups excluding carboxylic acids is 1. The molecular weight excluding hydrogens is 420 g/mol. The van der Waals surface area contributed by atoms with Crippen LogP contribution in [0.1, 0.15) is 42.5 Å². The van der Waals surface area contributed by atoms with Gasteiger partial charge >= 0.3 is 0 Å². The Morgan fingerprint density at radius 1 is 0.969 bits per heavy atom. The van der Waals surface area contributed by atoms with Gasteiger partial charge in [-0.05, 0) is 61.1 Å². The van der Waals surface area contributed by atoms with E-state index in [4.69, 9.17) is 0 Å². The Morgan fingerprint density at radius 3 is 2.41 bits per heavy atom. The van der Waals surface area contributed by atoms with Crippen molar-refractivity contribution in [3.63, 3.8) is 0 Å². The number of carbonyl (C=O) groups is 1. The summed E-state index contributed by atoms with van der Waals surface area (Å²) in [5.74, 6) is -0.0250. The summed E-state index contributed by atoms with van der Waals surface area (Å²) in [5.41, 5.74) is 3.84. The van der Waals surface area contributed by atoms with E-state index in [0.717, 1.165) is 35.2 Å². The summed E-state index contributed by atoms with van der Waals surface area (Å²) in [4.78, 5) is 12.6. The molecule has 32 heavy (non-hydrogen) atoms. The standard InChI is InChI=1S/C26H28N2O3S/c1-20(22-8-3-2-4-9-22)27-26(29)18-15-21-13-16-24(17-14-21)32(30,31)28-19-7-11-23-10-5-6-12-25(23)28/h2-6,8-10,12-14,16-17,20H,7,11,15,18-19H2,1H3,(H,27,29)/t20-/m0/s1. The maximum absolute atomic E-state index is 13.2. The summed E-state index contributed by atoms with van der Waals surface area (Å²) in [5, 5.41) is 3.01. The first-order valence-corrected chi connectivity index (χ1v) is 12.4. The van der Waals surface area contributed by atoms with E-state index in [1.54, 1.807) is 24.3 Å². The first-order valence-electron chi connectivity index (χ1n) is 11.0. The Hall–Kier alpha value is -3.12. The molecule has 0 fully saturated rings. The molecule has 1 amide bonds. The van der Waals surface area contributed by atoms with Gasteiger partial charge in [-0.3, -0.25) is 9.10 Å². The van der Waals surface area contributed by atoms with Crippen LogP contribution in [0.25, 0.3) is 0 Å². The first kappa shape index (κ1) is 22.1. The van der Waals surface area contributed by atoms with Crippen LogP contribution >= 0.6 is 0 Å². The number of rotatable bonds is 7. The Bertz CT molecular complexity index is 1180. The topological polar surface area (TPSA) is 66.5 Å². The molecule has 3 aromatic rings. The SMILES string of the molecule is C[C@H](NC(=O)CCc1ccc(S(=O)(=O)N2CCCc3ccccc32)cc1)c1ccccc1. The van der Waals surface area contributed by atoms with Gasteiger partial charge in [0.2, 0.25) is 5.91 Å². The van der Waals surface area contributed by atoms with E-state index in [2.05, 4.69) is 5.32 Å². The lowest BCUT2D eigenvalue weighted by molar-refractivity contribution is -0.121. The highest BCUT2D eigenvalue weighted by molar-refractivity contribution is 7.92. The summed E-state index contributed by atoms with van der Waals surface area (Å²) < 4.78 is 28.0. The lowest BCUT2D eigenvalue weighted by Gasteiger charge is -2.30. The second-order valence-electron chi connectivity index (χ2n) is 8.15. The van der Waals surface area contributed by atoms with E-state index in [1.165, 1.54) is 4.31 Å². The maximum Gasteiger partial charge on any atom is 0.264 e. The zero-order chi connectivity index (χ0) is 22.6. The minimum atomic E-state index is -3.62. The summed E-state index contributed by atoms with van der Waals surface area (Å²) in [7, 11) is -3.62. The van der Waals surface area contributed by atoms with E-state index in [0.29, 0.717) is 19.4 Å². The fraction of sp³-hybridized carbons (Fsp3) is 0.269. The number of sulfonamides is 1. The number of anilines is 1. The minimum Gasteiger partial charge on any atom is -0.350 e. The zero-order valence-electron chi connectivity index (χ0n) is 18.2. The van der Waals surface area contributed by atoms with Gasteiger partial charge in [-0.2, -0.15) is 0 Å². The number of para-hydroxylation sites is 1. The molecule has 0 bridgehead atoms. The molecule has 0 saturated carbocycles. The van der Waals surface area contributed by atoms with Gasteiger partial charge in [-0.25, -0.2) is 8.42 Å². The van der Waals surface area contributed by atoms with Crippen LogP contribution in [-0.2, 0) is 27.7 Å². The fourth-order valence-electron chi connectivity index (χ4n) is 4.10. The van der Waals surface area contributed by atoms with E-state index in [9.17, 15) is 13.2 Å². The van der Waals surface area contributed by atoms with Crippen molar-refractivity contribution in [3.05, 3.63) is 95.6 Å². The van der Waals surface area contributed by atoms with Gasteiger partial charge in [0.25, 0.3) is 10.0 Å². The van der Waals surface area contributed by atoms with E-state index >= 15 is 0 Å². The van der Waals surface area contributed by atoms with E-state index in [1.807, 2.05) is 61.5 Å². The summed E-state index contributed by atoms with van der Waals surface area (Å²) in [6.07, 6.45) is 2.61. The molecule has 5 nitrogen and oxygen atoms in total. The molecule has 1 atom stereocenters. The van der Waals surface area contributed by atoms with Crippen LogP contribution < -0.4 is 9.62 Å². The number of hydrogen-bond acceptors (Lipinski definition) is 3. The average Bonchev–Trinajstić information content (AvgIpc) is 2.83. The van der Waals surface area contributed by atoms with Crippen LogP contribution in [0.3, 0.4) is 0 Å². The maximum atomic E-state index is 13.2. The van der Waals surface area contributed by atoms with Gasteiger partial charge < -0.3 is 5.32 Å². The van der Waals surface area contributed by atoms with Crippen molar-refractivity contribution < 1.29 is 13.2 Å². The Balaban J connectivity index is 1.39. The smallest absolute Gasteiger partial charge is 0.264 e. The lowest BCUT2D eigenvalue weighted by Crippen LogP contribution is -2.35. The zero-order valence-corrected chi connectivity index (χ0v) is 19.0. The van der Waals surface area contributed by atoms with Crippen LogP contribution in [0.2, 0.25) is 0 Å². The number of nitrogens with zero attached hydrogens (tertiary/aromatic N) is 1. The second-order valence-corrected chi connectivity index (χ2v) is 10.0. The lowest BCUT2D eigenvalue weighted by atomic mass is 10.0. The number of aryl methyl sites for hydroxylation is 2. The van der Waals surface area contributed by atoms with E-state index in [-0.39, 0.29) is 16.8 Å². The average molecular weight is 449 g/mol. The molecule has 1 aliphatic rings. The Kier molecular flexibility index (Phi) is 6.61. The van der Waals surface area contributed by atoms with Crippen molar-refractivity contribution in [1.29, 1.82) is 0 Å². The molecule has 166 valence electrons. The summed E-state index contributed by atoms with van der Waals surface area (Å²) >= 11 is 0. The van der Waals surface area contributed by atoms with Gasteiger partial charge in [0.15, 0.2) is 0 Å². The number of nitrogens with one attached hydrogen (secondary N) is 1. The highest BCUT2D eigenvalue weighted by Gasteiger charge is 2.28. The third-order valence-electron chi connectivity index (χ3n) is 5.90. The van der Waals surface area contributed by atoms with Crippen molar-refractivity contribution in [2.45, 2.75) is 43.5 Å². The fourth-order valence-corrected chi connectivity index (χ4v) is 5.64. The quantitative estimate of drug-likeness (QED) is 0.573. The van der Waals surface area contributed by atoms with Crippen molar-refractivity contribution in [1.82, 2.24) is 5.32 Å². The largest absolute Gasteiger partial charge is 0.350 e. The predicted molar refractivity (Wildman–Crippen MR) is 127 cm³/mol. The number of benzene rings is 3. The van der Waals surface area contributed by atoms with Gasteiger partial charge in [0.05, 0.1) is 16.6 Å². The van der Waals surface area contributed by atoms with Gasteiger partial charge in [0, 0.05) is 13.0 Å². The molecular formula is C26H28N2O3S. The van der Waals surface area contributed by atoms with Gasteiger partial charge in [-0.1, -0.05) is 60.7 Å². The molecule has 6 heteroatoms. The van der Waals surface area contributed by atoms with Crippen molar-refractivity contribution >= 4 is 21.6 Å². The number of amides is 1. The minimum absolute atomic E-state index is 0.0250. The van der Waals surface area contributed by atoms with E-state index < -0.39 is 10.0 Å².